The zero-order valence-corrected chi connectivity index (χ0v) is 18.1. The largest absolute Gasteiger partial charge is 0.480 e. The van der Waals surface area contributed by atoms with Crippen molar-refractivity contribution in [3.05, 3.63) is 0 Å². The first kappa shape index (κ1) is 24.9. The van der Waals surface area contributed by atoms with Gasteiger partial charge in [-0.05, 0) is 31.6 Å². The van der Waals surface area contributed by atoms with E-state index in [9.17, 15) is 24.3 Å². The van der Waals surface area contributed by atoms with Crippen LogP contribution in [0.2, 0.25) is 0 Å². The highest BCUT2D eigenvalue weighted by atomic mass is 16.4. The number of carbonyl (C=O) groups excluding carboxylic acids is 3. The first-order valence-electron chi connectivity index (χ1n) is 10.4. The Morgan fingerprint density at radius 2 is 1.52 bits per heavy atom. The molecule has 3 amide bonds. The molecule has 0 aromatic carbocycles. The molecule has 0 spiro atoms. The maximum atomic E-state index is 13.1. The van der Waals surface area contributed by atoms with Crippen molar-refractivity contribution >= 4 is 23.7 Å². The molecule has 166 valence electrons. The molecule has 9 heteroatoms. The Bertz CT molecular complexity index is 610. The monoisotopic (exact) mass is 412 g/mol. The van der Waals surface area contributed by atoms with E-state index in [1.807, 2.05) is 27.7 Å². The van der Waals surface area contributed by atoms with Crippen molar-refractivity contribution in [3.8, 4) is 0 Å². The quantitative estimate of drug-likeness (QED) is 0.411. The number of nitrogens with zero attached hydrogens (tertiary/aromatic N) is 1. The molecule has 0 saturated carbocycles. The van der Waals surface area contributed by atoms with Gasteiger partial charge in [0.25, 0.3) is 0 Å². The number of carboxylic acid groups (broad SMARTS) is 1. The van der Waals surface area contributed by atoms with Crippen molar-refractivity contribution in [2.24, 2.45) is 17.6 Å². The molecule has 5 N–H and O–H groups in total. The minimum Gasteiger partial charge on any atom is -0.480 e. The highest BCUT2D eigenvalue weighted by molar-refractivity contribution is 5.94. The number of carboxylic acids is 1. The fraction of sp³-hybridized carbons (Fsp3) is 0.800. The molecule has 0 bridgehead atoms. The Balaban J connectivity index is 3.05. The van der Waals surface area contributed by atoms with E-state index in [-0.39, 0.29) is 17.7 Å². The number of nitrogens with one attached hydrogen (secondary N) is 2. The van der Waals surface area contributed by atoms with Crippen LogP contribution in [-0.4, -0.2) is 64.4 Å². The highest BCUT2D eigenvalue weighted by Crippen LogP contribution is 2.21. The average Bonchev–Trinajstić information content (AvgIpc) is 3.18. The molecule has 1 heterocycles. The molecule has 0 radical (unpaired) electrons. The van der Waals surface area contributed by atoms with E-state index in [0.29, 0.717) is 32.2 Å². The van der Waals surface area contributed by atoms with Crippen molar-refractivity contribution in [3.63, 3.8) is 0 Å². The first-order valence-corrected chi connectivity index (χ1v) is 10.4. The van der Waals surface area contributed by atoms with Crippen LogP contribution in [-0.2, 0) is 19.2 Å². The van der Waals surface area contributed by atoms with E-state index < -0.39 is 42.0 Å². The van der Waals surface area contributed by atoms with E-state index in [1.165, 1.54) is 11.8 Å². The van der Waals surface area contributed by atoms with Gasteiger partial charge in [-0.1, -0.05) is 40.5 Å². The molecule has 1 aliphatic rings. The number of amides is 3. The van der Waals surface area contributed by atoms with Crippen LogP contribution in [0.4, 0.5) is 0 Å². The number of nitrogens with two attached hydrogens (primary N) is 1. The number of hydrogen-bond acceptors (Lipinski definition) is 5. The van der Waals surface area contributed by atoms with Gasteiger partial charge in [0.2, 0.25) is 17.7 Å². The smallest absolute Gasteiger partial charge is 0.326 e. The summed E-state index contributed by atoms with van der Waals surface area (Å²) in [6.07, 6.45) is 2.29. The molecule has 1 fully saturated rings. The Morgan fingerprint density at radius 3 is 2.00 bits per heavy atom. The SMILES string of the molecule is CCC(C)C(NC(=O)C(C)N)C(=O)NC(C(=O)N1CCCC1C(=O)O)C(C)CC. The molecule has 0 aromatic heterocycles. The summed E-state index contributed by atoms with van der Waals surface area (Å²) in [4.78, 5) is 51.0. The zero-order valence-electron chi connectivity index (χ0n) is 18.1. The fourth-order valence-corrected chi connectivity index (χ4v) is 3.38. The zero-order chi connectivity index (χ0) is 22.3. The molecular formula is C20H36N4O5. The van der Waals surface area contributed by atoms with Crippen LogP contribution in [0, 0.1) is 11.8 Å². The van der Waals surface area contributed by atoms with E-state index in [2.05, 4.69) is 10.6 Å². The van der Waals surface area contributed by atoms with Crippen molar-refractivity contribution in [2.75, 3.05) is 6.54 Å². The van der Waals surface area contributed by atoms with Gasteiger partial charge in [0.05, 0.1) is 6.04 Å². The van der Waals surface area contributed by atoms with E-state index in [4.69, 9.17) is 5.73 Å². The molecule has 0 aliphatic carbocycles. The summed E-state index contributed by atoms with van der Waals surface area (Å²) in [5.74, 6) is -2.68. The summed E-state index contributed by atoms with van der Waals surface area (Å²) < 4.78 is 0. The maximum absolute atomic E-state index is 13.1. The van der Waals surface area contributed by atoms with Crippen LogP contribution in [0.3, 0.4) is 0 Å². The Morgan fingerprint density at radius 1 is 1.00 bits per heavy atom. The molecule has 29 heavy (non-hydrogen) atoms. The summed E-state index contributed by atoms with van der Waals surface area (Å²) >= 11 is 0. The Hall–Kier alpha value is -2.16. The molecule has 9 nitrogen and oxygen atoms in total. The second-order valence-electron chi connectivity index (χ2n) is 8.06. The van der Waals surface area contributed by atoms with Gasteiger partial charge in [0.15, 0.2) is 0 Å². The maximum Gasteiger partial charge on any atom is 0.326 e. The lowest BCUT2D eigenvalue weighted by atomic mass is 9.94. The predicted molar refractivity (Wildman–Crippen MR) is 109 cm³/mol. The summed E-state index contributed by atoms with van der Waals surface area (Å²) in [6.45, 7) is 9.38. The van der Waals surface area contributed by atoms with Gasteiger partial charge in [-0.15, -0.1) is 0 Å². The second kappa shape index (κ2) is 11.1. The van der Waals surface area contributed by atoms with Gasteiger partial charge in [-0.25, -0.2) is 4.79 Å². The summed E-state index contributed by atoms with van der Waals surface area (Å²) in [6, 6.07) is -3.31. The van der Waals surface area contributed by atoms with Gasteiger partial charge in [-0.2, -0.15) is 0 Å². The van der Waals surface area contributed by atoms with Crippen molar-refractivity contribution < 1.29 is 24.3 Å². The topological polar surface area (TPSA) is 142 Å². The van der Waals surface area contributed by atoms with Crippen molar-refractivity contribution in [1.82, 2.24) is 15.5 Å². The van der Waals surface area contributed by atoms with Crippen molar-refractivity contribution in [2.45, 2.75) is 84.5 Å². The normalized spacial score (nSPS) is 21.6. The fourth-order valence-electron chi connectivity index (χ4n) is 3.38. The van der Waals surface area contributed by atoms with Crippen LogP contribution in [0.5, 0.6) is 0 Å². The summed E-state index contributed by atoms with van der Waals surface area (Å²) in [5, 5.41) is 14.9. The van der Waals surface area contributed by atoms with E-state index >= 15 is 0 Å². The number of carbonyl (C=O) groups is 4. The van der Waals surface area contributed by atoms with Gasteiger partial charge in [0, 0.05) is 6.54 Å². The van der Waals surface area contributed by atoms with Crippen LogP contribution >= 0.6 is 0 Å². The van der Waals surface area contributed by atoms with Gasteiger partial charge < -0.3 is 26.4 Å². The number of likely N-dealkylation sites (tertiary alicyclic amines) is 1. The number of rotatable bonds is 10. The molecular weight excluding hydrogens is 376 g/mol. The molecule has 1 aliphatic heterocycles. The van der Waals surface area contributed by atoms with Crippen LogP contribution in [0.1, 0.15) is 60.3 Å². The highest BCUT2D eigenvalue weighted by Gasteiger charge is 2.40. The Kier molecular flexibility index (Phi) is 9.55. The molecule has 1 rings (SSSR count). The molecule has 6 unspecified atom stereocenters. The molecule has 1 saturated heterocycles. The predicted octanol–water partition coefficient (Wildman–Crippen LogP) is 0.471. The lowest BCUT2D eigenvalue weighted by molar-refractivity contribution is -0.150. The Labute approximate surface area is 172 Å². The van der Waals surface area contributed by atoms with Gasteiger partial charge in [0.1, 0.15) is 18.1 Å². The number of hydrogen-bond donors (Lipinski definition) is 4. The van der Waals surface area contributed by atoms with Crippen LogP contribution < -0.4 is 16.4 Å². The summed E-state index contributed by atoms with van der Waals surface area (Å²) in [7, 11) is 0. The number of aliphatic carboxylic acids is 1. The molecule has 0 aromatic rings. The summed E-state index contributed by atoms with van der Waals surface area (Å²) in [5.41, 5.74) is 5.61. The first-order chi connectivity index (χ1) is 13.5. The molecule has 6 atom stereocenters. The third kappa shape index (κ3) is 6.42. The van der Waals surface area contributed by atoms with E-state index in [0.717, 1.165) is 0 Å². The lowest BCUT2D eigenvalue weighted by Crippen LogP contribution is -2.59. The third-order valence-electron chi connectivity index (χ3n) is 5.80. The van der Waals surface area contributed by atoms with Crippen molar-refractivity contribution in [1.29, 1.82) is 0 Å². The average molecular weight is 413 g/mol. The van der Waals surface area contributed by atoms with Gasteiger partial charge >= 0.3 is 5.97 Å². The third-order valence-corrected chi connectivity index (χ3v) is 5.80. The lowest BCUT2D eigenvalue weighted by Gasteiger charge is -2.32. The minimum absolute atomic E-state index is 0.163. The second-order valence-corrected chi connectivity index (χ2v) is 8.06. The van der Waals surface area contributed by atoms with Gasteiger partial charge in [-0.3, -0.25) is 14.4 Å². The van der Waals surface area contributed by atoms with E-state index in [1.54, 1.807) is 0 Å². The van der Waals surface area contributed by atoms with Crippen LogP contribution in [0.25, 0.3) is 0 Å². The minimum atomic E-state index is -1.04. The van der Waals surface area contributed by atoms with Crippen LogP contribution in [0.15, 0.2) is 0 Å². The standard InChI is InChI=1S/C20H36N4O5/c1-6-11(3)15(22-17(25)13(5)21)18(26)23-16(12(4)7-2)19(27)24-10-8-9-14(24)20(28)29/h11-16H,6-10,21H2,1-5H3,(H,22,25)(H,23,26)(H,28,29).